The Labute approximate surface area is 139 Å². The molecule has 2 aromatic heterocycles. The molecule has 0 aromatic carbocycles. The molecule has 1 aliphatic heterocycles. The lowest BCUT2D eigenvalue weighted by molar-refractivity contribution is 0.0696. The van der Waals surface area contributed by atoms with Crippen LogP contribution in [0.1, 0.15) is 22.2 Å². The molecule has 1 aliphatic rings. The van der Waals surface area contributed by atoms with Gasteiger partial charge in [-0.2, -0.15) is 0 Å². The van der Waals surface area contributed by atoms with Gasteiger partial charge in [0, 0.05) is 39.9 Å². The van der Waals surface area contributed by atoms with Crippen molar-refractivity contribution in [2.24, 2.45) is 0 Å². The van der Waals surface area contributed by atoms with Crippen LogP contribution in [0.4, 0.5) is 4.79 Å². The highest BCUT2D eigenvalue weighted by Gasteiger charge is 2.32. The maximum Gasteiger partial charge on any atom is 0.337 e. The van der Waals surface area contributed by atoms with Crippen LogP contribution in [0.3, 0.4) is 0 Å². The number of rotatable bonds is 2. The van der Waals surface area contributed by atoms with E-state index in [-0.39, 0.29) is 17.6 Å². The minimum atomic E-state index is -1.00. The molecular formula is C15H20N6O3. The lowest BCUT2D eigenvalue weighted by Gasteiger charge is -2.39. The van der Waals surface area contributed by atoms with Gasteiger partial charge in [-0.05, 0) is 19.2 Å². The summed E-state index contributed by atoms with van der Waals surface area (Å²) in [6.07, 6.45) is 1.52. The van der Waals surface area contributed by atoms with Crippen molar-refractivity contribution in [3.05, 3.63) is 29.7 Å². The molecule has 1 N–H and O–H groups in total. The normalized spacial score (nSPS) is 18.8. The average molecular weight is 332 g/mol. The minimum Gasteiger partial charge on any atom is -0.478 e. The molecule has 1 fully saturated rings. The molecule has 1 saturated heterocycles. The van der Waals surface area contributed by atoms with Gasteiger partial charge in [-0.1, -0.05) is 0 Å². The van der Waals surface area contributed by atoms with E-state index in [4.69, 9.17) is 0 Å². The second kappa shape index (κ2) is 6.08. The quantitative estimate of drug-likeness (QED) is 0.855. The Hall–Kier alpha value is -2.68. The minimum absolute atomic E-state index is 0.0480. The first kappa shape index (κ1) is 16.2. The summed E-state index contributed by atoms with van der Waals surface area (Å²) in [5.74, 6) is -0.371. The molecule has 0 saturated carbocycles. The second-order valence-corrected chi connectivity index (χ2v) is 6.13. The number of fused-ring (bicyclic) bond motifs is 1. The molecule has 128 valence electrons. The Bertz CT molecular complexity index is 787. The van der Waals surface area contributed by atoms with Gasteiger partial charge in [0.1, 0.15) is 0 Å². The number of amides is 2. The third kappa shape index (κ3) is 2.78. The number of piperazine rings is 1. The first-order valence-electron chi connectivity index (χ1n) is 7.63. The van der Waals surface area contributed by atoms with Crippen LogP contribution in [0.5, 0.6) is 0 Å². The Morgan fingerprint density at radius 1 is 1.25 bits per heavy atom. The van der Waals surface area contributed by atoms with Crippen molar-refractivity contribution in [3.8, 4) is 0 Å². The van der Waals surface area contributed by atoms with Crippen LogP contribution in [0, 0.1) is 0 Å². The van der Waals surface area contributed by atoms with Crippen LogP contribution in [0.2, 0.25) is 0 Å². The molecule has 1 atom stereocenters. The molecule has 24 heavy (non-hydrogen) atoms. The number of hydrogen-bond acceptors (Lipinski definition) is 5. The molecule has 3 heterocycles. The molecule has 2 aromatic rings. The number of carboxylic acids is 1. The van der Waals surface area contributed by atoms with Crippen LogP contribution in [-0.2, 0) is 0 Å². The van der Waals surface area contributed by atoms with Gasteiger partial charge in [-0.15, -0.1) is 10.2 Å². The Balaban J connectivity index is 1.97. The van der Waals surface area contributed by atoms with Gasteiger partial charge in [0.05, 0.1) is 11.6 Å². The number of nitrogens with zero attached hydrogens (tertiary/aromatic N) is 6. The molecule has 0 aliphatic carbocycles. The molecule has 2 amide bonds. The molecule has 3 rings (SSSR count). The van der Waals surface area contributed by atoms with Crippen molar-refractivity contribution in [2.75, 3.05) is 40.8 Å². The van der Waals surface area contributed by atoms with Crippen LogP contribution >= 0.6 is 0 Å². The van der Waals surface area contributed by atoms with Gasteiger partial charge in [-0.3, -0.25) is 9.30 Å². The van der Waals surface area contributed by atoms with Crippen molar-refractivity contribution in [1.82, 2.24) is 29.3 Å². The van der Waals surface area contributed by atoms with Crippen molar-refractivity contribution in [3.63, 3.8) is 0 Å². The number of carbonyl (C=O) groups excluding carboxylic acids is 1. The lowest BCUT2D eigenvalue weighted by Crippen LogP contribution is -2.52. The average Bonchev–Trinajstić information content (AvgIpc) is 2.97. The van der Waals surface area contributed by atoms with Crippen LogP contribution in [-0.4, -0.2) is 87.2 Å². The monoisotopic (exact) mass is 332 g/mol. The fourth-order valence-electron chi connectivity index (χ4n) is 2.87. The van der Waals surface area contributed by atoms with E-state index in [0.717, 1.165) is 0 Å². The van der Waals surface area contributed by atoms with E-state index < -0.39 is 5.97 Å². The van der Waals surface area contributed by atoms with Gasteiger partial charge < -0.3 is 14.9 Å². The number of urea groups is 1. The highest BCUT2D eigenvalue weighted by atomic mass is 16.4. The molecule has 9 nitrogen and oxygen atoms in total. The predicted molar refractivity (Wildman–Crippen MR) is 86.0 cm³/mol. The van der Waals surface area contributed by atoms with Crippen molar-refractivity contribution in [1.29, 1.82) is 0 Å². The zero-order valence-electron chi connectivity index (χ0n) is 13.9. The summed E-state index contributed by atoms with van der Waals surface area (Å²) >= 11 is 0. The summed E-state index contributed by atoms with van der Waals surface area (Å²) < 4.78 is 1.69. The number of likely N-dealkylation sites (N-methyl/N-ethyl adjacent to an activating group) is 1. The van der Waals surface area contributed by atoms with Gasteiger partial charge in [-0.25, -0.2) is 9.59 Å². The van der Waals surface area contributed by atoms with E-state index in [1.54, 1.807) is 34.4 Å². The maximum absolute atomic E-state index is 12.2. The molecule has 0 bridgehead atoms. The van der Waals surface area contributed by atoms with Crippen molar-refractivity contribution >= 4 is 17.6 Å². The largest absolute Gasteiger partial charge is 0.478 e. The van der Waals surface area contributed by atoms with E-state index >= 15 is 0 Å². The van der Waals surface area contributed by atoms with Crippen molar-refractivity contribution < 1.29 is 14.7 Å². The van der Waals surface area contributed by atoms with Crippen LogP contribution in [0.15, 0.2) is 18.3 Å². The van der Waals surface area contributed by atoms with E-state index in [9.17, 15) is 14.7 Å². The Morgan fingerprint density at radius 3 is 2.67 bits per heavy atom. The molecule has 0 unspecified atom stereocenters. The summed E-state index contributed by atoms with van der Waals surface area (Å²) in [4.78, 5) is 28.9. The van der Waals surface area contributed by atoms with E-state index in [0.29, 0.717) is 31.1 Å². The third-order valence-corrected chi connectivity index (χ3v) is 4.27. The smallest absolute Gasteiger partial charge is 0.337 e. The number of aromatic carboxylic acids is 1. The highest BCUT2D eigenvalue weighted by molar-refractivity contribution is 5.87. The van der Waals surface area contributed by atoms with Gasteiger partial charge >= 0.3 is 12.0 Å². The SMILES string of the molecule is CN(C)C(=O)N1CCN(C)[C@@H](c2nnc3ccc(C(=O)O)cn23)C1. The lowest BCUT2D eigenvalue weighted by atomic mass is 10.1. The molecule has 9 heteroatoms. The number of hydrogen-bond donors (Lipinski definition) is 1. The summed E-state index contributed by atoms with van der Waals surface area (Å²) in [5, 5.41) is 17.5. The number of aromatic nitrogens is 3. The number of carbonyl (C=O) groups is 2. The molecule has 0 radical (unpaired) electrons. The summed E-state index contributed by atoms with van der Waals surface area (Å²) in [7, 11) is 5.41. The molecular weight excluding hydrogens is 312 g/mol. The highest BCUT2D eigenvalue weighted by Crippen LogP contribution is 2.24. The summed E-state index contributed by atoms with van der Waals surface area (Å²) in [5.41, 5.74) is 0.752. The third-order valence-electron chi connectivity index (χ3n) is 4.27. The van der Waals surface area contributed by atoms with Crippen molar-refractivity contribution in [2.45, 2.75) is 6.04 Å². The fourth-order valence-corrected chi connectivity index (χ4v) is 2.87. The van der Waals surface area contributed by atoms with E-state index in [1.807, 2.05) is 7.05 Å². The van der Waals surface area contributed by atoms with Gasteiger partial charge in [0.25, 0.3) is 0 Å². The van der Waals surface area contributed by atoms with E-state index in [1.165, 1.54) is 12.3 Å². The standard InChI is InChI=1S/C15H20N6O3/c1-18(2)15(24)20-7-6-19(3)11(9-20)13-17-16-12-5-4-10(14(22)23)8-21(12)13/h4-5,8,11H,6-7,9H2,1-3H3,(H,22,23)/t11-/m1/s1. The zero-order chi connectivity index (χ0) is 17.4. The second-order valence-electron chi connectivity index (χ2n) is 6.13. The number of pyridine rings is 1. The maximum atomic E-state index is 12.2. The molecule has 0 spiro atoms. The van der Waals surface area contributed by atoms with Gasteiger partial charge in [0.15, 0.2) is 11.5 Å². The summed E-state index contributed by atoms with van der Waals surface area (Å²) in [6, 6.07) is 2.93. The fraction of sp³-hybridized carbons (Fsp3) is 0.467. The van der Waals surface area contributed by atoms with E-state index in [2.05, 4.69) is 15.1 Å². The van der Waals surface area contributed by atoms with Crippen LogP contribution in [0.25, 0.3) is 5.65 Å². The Morgan fingerprint density at radius 2 is 2.00 bits per heavy atom. The first-order chi connectivity index (χ1) is 11.4. The zero-order valence-corrected chi connectivity index (χ0v) is 13.9. The Kier molecular flexibility index (Phi) is 4.10. The summed E-state index contributed by atoms with van der Waals surface area (Å²) in [6.45, 7) is 1.82. The topological polar surface area (TPSA) is 94.3 Å². The number of carboxylic acid groups (broad SMARTS) is 1. The first-order valence-corrected chi connectivity index (χ1v) is 7.63. The van der Waals surface area contributed by atoms with Crippen LogP contribution < -0.4 is 0 Å². The van der Waals surface area contributed by atoms with Gasteiger partial charge in [0.2, 0.25) is 0 Å². The predicted octanol–water partition coefficient (Wildman–Crippen LogP) is 0.398.